The molecule has 112 valence electrons. The Morgan fingerprint density at radius 1 is 1.41 bits per heavy atom. The highest BCUT2D eigenvalue weighted by molar-refractivity contribution is 7.16. The van der Waals surface area contributed by atoms with Gasteiger partial charge in [0.15, 0.2) is 0 Å². The van der Waals surface area contributed by atoms with Crippen LogP contribution >= 0.6 is 11.3 Å². The van der Waals surface area contributed by atoms with Gasteiger partial charge in [0.1, 0.15) is 11.1 Å². The predicted octanol–water partition coefficient (Wildman–Crippen LogP) is 3.93. The van der Waals surface area contributed by atoms with E-state index in [9.17, 15) is 10.1 Å². The van der Waals surface area contributed by atoms with Crippen molar-refractivity contribution in [1.29, 1.82) is 5.26 Å². The first kappa shape index (κ1) is 14.8. The zero-order valence-corrected chi connectivity index (χ0v) is 13.4. The normalized spacial score (nSPS) is 16.6. The Balaban J connectivity index is 1.78. The van der Waals surface area contributed by atoms with Gasteiger partial charge in [-0.15, -0.1) is 11.3 Å². The number of nitriles is 1. The van der Waals surface area contributed by atoms with E-state index in [1.54, 1.807) is 11.3 Å². The fourth-order valence-corrected chi connectivity index (χ4v) is 4.29. The quantitative estimate of drug-likeness (QED) is 0.934. The van der Waals surface area contributed by atoms with Crippen molar-refractivity contribution in [1.82, 2.24) is 0 Å². The fraction of sp³-hybridized carbons (Fsp3) is 0.333. The Labute approximate surface area is 134 Å². The molecular formula is C18H18N2OS. The molecule has 1 aromatic heterocycles. The highest BCUT2D eigenvalue weighted by Crippen LogP contribution is 2.39. The van der Waals surface area contributed by atoms with E-state index in [0.29, 0.717) is 17.9 Å². The molecule has 3 rings (SSSR count). The van der Waals surface area contributed by atoms with Crippen molar-refractivity contribution >= 4 is 22.2 Å². The second-order valence-corrected chi connectivity index (χ2v) is 6.98. The highest BCUT2D eigenvalue weighted by atomic mass is 32.1. The minimum Gasteiger partial charge on any atom is -0.316 e. The summed E-state index contributed by atoms with van der Waals surface area (Å²) in [6, 6.07) is 11.9. The number of nitrogens with one attached hydrogen (secondary N) is 1. The lowest BCUT2D eigenvalue weighted by Crippen LogP contribution is -2.14. The summed E-state index contributed by atoms with van der Waals surface area (Å²) in [4.78, 5) is 13.5. The van der Waals surface area contributed by atoms with Crippen molar-refractivity contribution in [2.45, 2.75) is 32.6 Å². The summed E-state index contributed by atoms with van der Waals surface area (Å²) < 4.78 is 0. The van der Waals surface area contributed by atoms with E-state index >= 15 is 0 Å². The van der Waals surface area contributed by atoms with Crippen LogP contribution < -0.4 is 5.32 Å². The van der Waals surface area contributed by atoms with Crippen LogP contribution in [0.3, 0.4) is 0 Å². The molecule has 1 atom stereocenters. The van der Waals surface area contributed by atoms with Gasteiger partial charge in [0.25, 0.3) is 0 Å². The zero-order valence-electron chi connectivity index (χ0n) is 12.6. The van der Waals surface area contributed by atoms with Crippen molar-refractivity contribution in [2.24, 2.45) is 5.92 Å². The van der Waals surface area contributed by atoms with Gasteiger partial charge < -0.3 is 5.32 Å². The SMILES string of the molecule is C[C@@H]1CCc2c(sc(NC(=O)Cc3ccccc3)c2C#N)C1. The molecule has 0 aliphatic heterocycles. The van der Waals surface area contributed by atoms with E-state index in [2.05, 4.69) is 18.3 Å². The minimum atomic E-state index is -0.0608. The Morgan fingerprint density at radius 3 is 2.91 bits per heavy atom. The van der Waals surface area contributed by atoms with Gasteiger partial charge in [-0.05, 0) is 36.3 Å². The molecule has 1 heterocycles. The Bertz CT molecular complexity index is 728. The summed E-state index contributed by atoms with van der Waals surface area (Å²) in [6.45, 7) is 2.24. The lowest BCUT2D eigenvalue weighted by Gasteiger charge is -2.17. The lowest BCUT2D eigenvalue weighted by molar-refractivity contribution is -0.115. The van der Waals surface area contributed by atoms with Crippen LogP contribution in [-0.2, 0) is 24.1 Å². The number of benzene rings is 1. The smallest absolute Gasteiger partial charge is 0.229 e. The summed E-state index contributed by atoms with van der Waals surface area (Å²) in [6.07, 6.45) is 3.42. The molecule has 3 nitrogen and oxygen atoms in total. The van der Waals surface area contributed by atoms with E-state index in [1.165, 1.54) is 4.88 Å². The number of hydrogen-bond acceptors (Lipinski definition) is 3. The van der Waals surface area contributed by atoms with Crippen LogP contribution in [0.4, 0.5) is 5.00 Å². The molecule has 0 unspecified atom stereocenters. The number of carbonyl (C=O) groups is 1. The molecule has 2 aromatic rings. The van der Waals surface area contributed by atoms with Crippen molar-refractivity contribution in [3.8, 4) is 6.07 Å². The third kappa shape index (κ3) is 3.05. The van der Waals surface area contributed by atoms with E-state index in [4.69, 9.17) is 0 Å². The summed E-state index contributed by atoms with van der Waals surface area (Å²) in [5.41, 5.74) is 2.81. The molecule has 1 N–H and O–H groups in total. The van der Waals surface area contributed by atoms with Gasteiger partial charge in [-0.25, -0.2) is 0 Å². The second kappa shape index (κ2) is 6.33. The molecule has 0 bridgehead atoms. The van der Waals surface area contributed by atoms with Crippen LogP contribution in [0.2, 0.25) is 0 Å². The summed E-state index contributed by atoms with van der Waals surface area (Å²) >= 11 is 1.57. The number of hydrogen-bond donors (Lipinski definition) is 1. The first-order valence-electron chi connectivity index (χ1n) is 7.55. The average Bonchev–Trinajstić information content (AvgIpc) is 2.84. The third-order valence-electron chi connectivity index (χ3n) is 4.08. The van der Waals surface area contributed by atoms with Crippen LogP contribution in [-0.4, -0.2) is 5.91 Å². The van der Waals surface area contributed by atoms with Crippen molar-refractivity contribution in [3.63, 3.8) is 0 Å². The molecule has 1 aliphatic rings. The van der Waals surface area contributed by atoms with Gasteiger partial charge in [0.05, 0.1) is 12.0 Å². The van der Waals surface area contributed by atoms with Gasteiger partial charge in [-0.3, -0.25) is 4.79 Å². The fourth-order valence-electron chi connectivity index (χ4n) is 2.91. The van der Waals surface area contributed by atoms with E-state index in [0.717, 1.165) is 35.4 Å². The molecular weight excluding hydrogens is 292 g/mol. The number of carbonyl (C=O) groups excluding carboxylic acids is 1. The Morgan fingerprint density at radius 2 is 2.18 bits per heavy atom. The maximum Gasteiger partial charge on any atom is 0.229 e. The lowest BCUT2D eigenvalue weighted by atomic mass is 9.88. The highest BCUT2D eigenvalue weighted by Gasteiger charge is 2.24. The second-order valence-electron chi connectivity index (χ2n) is 5.88. The largest absolute Gasteiger partial charge is 0.316 e. The molecule has 1 amide bonds. The van der Waals surface area contributed by atoms with Crippen LogP contribution in [0.5, 0.6) is 0 Å². The van der Waals surface area contributed by atoms with Crippen molar-refractivity contribution < 1.29 is 4.79 Å². The van der Waals surface area contributed by atoms with Gasteiger partial charge in [-0.2, -0.15) is 5.26 Å². The number of nitrogens with zero attached hydrogens (tertiary/aromatic N) is 1. The van der Waals surface area contributed by atoms with Crippen LogP contribution in [0.1, 0.15) is 34.9 Å². The molecule has 22 heavy (non-hydrogen) atoms. The number of thiophene rings is 1. The average molecular weight is 310 g/mol. The Kier molecular flexibility index (Phi) is 4.26. The molecule has 0 spiro atoms. The minimum absolute atomic E-state index is 0.0608. The van der Waals surface area contributed by atoms with Crippen LogP contribution in [0.15, 0.2) is 30.3 Å². The molecule has 0 saturated carbocycles. The zero-order chi connectivity index (χ0) is 15.5. The van der Waals surface area contributed by atoms with E-state index < -0.39 is 0 Å². The monoisotopic (exact) mass is 310 g/mol. The maximum atomic E-state index is 12.2. The van der Waals surface area contributed by atoms with Gasteiger partial charge in [0, 0.05) is 4.88 Å². The van der Waals surface area contributed by atoms with Gasteiger partial charge >= 0.3 is 0 Å². The maximum absolute atomic E-state index is 12.2. The third-order valence-corrected chi connectivity index (χ3v) is 5.25. The molecule has 0 radical (unpaired) electrons. The molecule has 0 saturated heterocycles. The summed E-state index contributed by atoms with van der Waals surface area (Å²) in [5, 5.41) is 13.1. The summed E-state index contributed by atoms with van der Waals surface area (Å²) in [5.74, 6) is 0.597. The van der Waals surface area contributed by atoms with Crippen LogP contribution in [0.25, 0.3) is 0 Å². The number of amides is 1. The topological polar surface area (TPSA) is 52.9 Å². The first-order valence-corrected chi connectivity index (χ1v) is 8.37. The first-order chi connectivity index (χ1) is 10.7. The number of rotatable bonds is 3. The van der Waals surface area contributed by atoms with Gasteiger partial charge in [0.2, 0.25) is 5.91 Å². The van der Waals surface area contributed by atoms with Crippen molar-refractivity contribution in [3.05, 3.63) is 51.9 Å². The molecule has 1 aliphatic carbocycles. The number of anilines is 1. The molecule has 4 heteroatoms. The van der Waals surface area contributed by atoms with E-state index in [1.807, 2.05) is 30.3 Å². The van der Waals surface area contributed by atoms with Crippen molar-refractivity contribution in [2.75, 3.05) is 5.32 Å². The van der Waals surface area contributed by atoms with E-state index in [-0.39, 0.29) is 5.91 Å². The predicted molar refractivity (Wildman–Crippen MR) is 89.0 cm³/mol. The van der Waals surface area contributed by atoms with Crippen LogP contribution in [0, 0.1) is 17.2 Å². The van der Waals surface area contributed by atoms with Gasteiger partial charge in [-0.1, -0.05) is 37.3 Å². The standard InChI is InChI=1S/C18H18N2OS/c1-12-7-8-14-15(11-19)18(22-16(14)9-12)20-17(21)10-13-5-3-2-4-6-13/h2-6,12H,7-10H2,1H3,(H,20,21)/t12-/m1/s1. The molecule has 1 aromatic carbocycles. The Hall–Kier alpha value is -2.12. The number of fused-ring (bicyclic) bond motifs is 1. The summed E-state index contributed by atoms with van der Waals surface area (Å²) in [7, 11) is 0. The molecule has 0 fully saturated rings.